The van der Waals surface area contributed by atoms with E-state index in [4.69, 9.17) is 4.74 Å². The second-order valence-corrected chi connectivity index (χ2v) is 7.42. The molecule has 0 unspecified atom stereocenters. The predicted molar refractivity (Wildman–Crippen MR) is 127 cm³/mol. The quantitative estimate of drug-likeness (QED) is 0.361. The first-order chi connectivity index (χ1) is 15.7. The van der Waals surface area contributed by atoms with E-state index < -0.39 is 5.97 Å². The summed E-state index contributed by atoms with van der Waals surface area (Å²) >= 11 is 0. The Labute approximate surface area is 188 Å². The Morgan fingerprint density at radius 2 is 1.38 bits per heavy atom. The molecule has 0 saturated heterocycles. The summed E-state index contributed by atoms with van der Waals surface area (Å²) < 4.78 is 5.49. The van der Waals surface area contributed by atoms with Crippen LogP contribution < -0.4 is 4.90 Å². The fourth-order valence-corrected chi connectivity index (χ4v) is 3.71. The highest BCUT2D eigenvalue weighted by Crippen LogP contribution is 2.37. The molecule has 0 fully saturated rings. The van der Waals surface area contributed by atoms with Crippen molar-refractivity contribution in [1.29, 1.82) is 0 Å². The molecular weight excluding hydrogens is 398 g/mol. The summed E-state index contributed by atoms with van der Waals surface area (Å²) in [4.78, 5) is 15.2. The molecule has 5 nitrogen and oxygen atoms in total. The van der Waals surface area contributed by atoms with Gasteiger partial charge in [0, 0.05) is 24.7 Å². The van der Waals surface area contributed by atoms with Gasteiger partial charge < -0.3 is 9.64 Å². The first-order valence-electron chi connectivity index (χ1n) is 10.6. The van der Waals surface area contributed by atoms with Gasteiger partial charge in [0.25, 0.3) is 0 Å². The molecule has 4 aromatic rings. The zero-order chi connectivity index (χ0) is 22.3. The van der Waals surface area contributed by atoms with E-state index in [0.29, 0.717) is 23.6 Å². The van der Waals surface area contributed by atoms with Crippen molar-refractivity contribution in [2.75, 3.05) is 18.6 Å². The topological polar surface area (TPSA) is 55.3 Å². The monoisotopic (exact) mass is 423 g/mol. The lowest BCUT2D eigenvalue weighted by Crippen LogP contribution is -2.23. The molecule has 0 bridgehead atoms. The summed E-state index contributed by atoms with van der Waals surface area (Å²) in [7, 11) is 1.91. The van der Waals surface area contributed by atoms with Crippen LogP contribution in [0.4, 0.5) is 5.82 Å². The van der Waals surface area contributed by atoms with Gasteiger partial charge in [0.2, 0.25) is 0 Å². The molecule has 4 rings (SSSR count). The van der Waals surface area contributed by atoms with Crippen molar-refractivity contribution in [3.8, 4) is 22.4 Å². The van der Waals surface area contributed by atoms with Gasteiger partial charge in [-0.3, -0.25) is 0 Å². The predicted octanol–water partition coefficient (Wildman–Crippen LogP) is 5.62. The number of carbonyl (C=O) groups is 1. The van der Waals surface area contributed by atoms with Crippen molar-refractivity contribution in [1.82, 2.24) is 10.2 Å². The van der Waals surface area contributed by atoms with Crippen LogP contribution in [0.5, 0.6) is 0 Å². The molecule has 0 amide bonds. The Morgan fingerprint density at radius 3 is 1.97 bits per heavy atom. The Bertz CT molecular complexity index is 1180. The van der Waals surface area contributed by atoms with Gasteiger partial charge in [-0.2, -0.15) is 0 Å². The molecule has 0 aliphatic rings. The van der Waals surface area contributed by atoms with Crippen molar-refractivity contribution >= 4 is 11.8 Å². The molecule has 0 aliphatic carbocycles. The summed E-state index contributed by atoms with van der Waals surface area (Å²) in [6.07, 6.45) is 0. The zero-order valence-corrected chi connectivity index (χ0v) is 18.2. The van der Waals surface area contributed by atoms with Crippen LogP contribution in [0.15, 0.2) is 91.0 Å². The molecule has 1 heterocycles. The van der Waals surface area contributed by atoms with E-state index in [2.05, 4.69) is 10.2 Å². The Morgan fingerprint density at radius 1 is 0.812 bits per heavy atom. The minimum atomic E-state index is -0.409. The van der Waals surface area contributed by atoms with Crippen LogP contribution in [0, 0.1) is 0 Å². The number of ether oxygens (including phenoxy) is 1. The number of esters is 1. The SMILES string of the molecule is CCOC(=O)c1c(N(C)Cc2ccccc2)nnc(-c2ccccc2)c1-c1ccccc1. The number of hydrogen-bond acceptors (Lipinski definition) is 5. The molecule has 0 aliphatic heterocycles. The lowest BCUT2D eigenvalue weighted by atomic mass is 9.95. The molecule has 3 aromatic carbocycles. The normalized spacial score (nSPS) is 10.6. The number of anilines is 1. The van der Waals surface area contributed by atoms with E-state index in [-0.39, 0.29) is 6.61 Å². The highest BCUT2D eigenvalue weighted by molar-refractivity contribution is 6.05. The molecular formula is C27H25N3O2. The van der Waals surface area contributed by atoms with Gasteiger partial charge in [-0.05, 0) is 18.1 Å². The molecule has 32 heavy (non-hydrogen) atoms. The summed E-state index contributed by atoms with van der Waals surface area (Å²) in [5.74, 6) is 0.0826. The summed E-state index contributed by atoms with van der Waals surface area (Å²) in [6.45, 7) is 2.67. The summed E-state index contributed by atoms with van der Waals surface area (Å²) in [5, 5.41) is 9.11. The largest absolute Gasteiger partial charge is 0.462 e. The maximum atomic E-state index is 13.3. The lowest BCUT2D eigenvalue weighted by Gasteiger charge is -2.23. The van der Waals surface area contributed by atoms with Gasteiger partial charge in [-0.25, -0.2) is 4.79 Å². The molecule has 1 aromatic heterocycles. The molecule has 5 heteroatoms. The van der Waals surface area contributed by atoms with Crippen LogP contribution in [-0.2, 0) is 11.3 Å². The number of benzene rings is 3. The minimum Gasteiger partial charge on any atom is -0.462 e. The van der Waals surface area contributed by atoms with Gasteiger partial charge in [0.1, 0.15) is 11.3 Å². The third-order valence-electron chi connectivity index (χ3n) is 5.17. The fraction of sp³-hybridized carbons (Fsp3) is 0.148. The maximum absolute atomic E-state index is 13.3. The first-order valence-corrected chi connectivity index (χ1v) is 10.6. The highest BCUT2D eigenvalue weighted by Gasteiger charge is 2.27. The van der Waals surface area contributed by atoms with E-state index in [1.807, 2.05) is 103 Å². The summed E-state index contributed by atoms with van der Waals surface area (Å²) in [6, 6.07) is 29.7. The molecule has 0 N–H and O–H groups in total. The van der Waals surface area contributed by atoms with Crippen LogP contribution in [0.1, 0.15) is 22.8 Å². The van der Waals surface area contributed by atoms with Crippen LogP contribution in [0.25, 0.3) is 22.4 Å². The van der Waals surface area contributed by atoms with Crippen molar-refractivity contribution in [2.45, 2.75) is 13.5 Å². The smallest absolute Gasteiger partial charge is 0.342 e. The third kappa shape index (κ3) is 4.52. The van der Waals surface area contributed by atoms with Crippen LogP contribution in [0.2, 0.25) is 0 Å². The van der Waals surface area contributed by atoms with Gasteiger partial charge in [0.15, 0.2) is 5.82 Å². The van der Waals surface area contributed by atoms with Crippen molar-refractivity contribution in [3.05, 3.63) is 102 Å². The second-order valence-electron chi connectivity index (χ2n) is 7.42. The van der Waals surface area contributed by atoms with Crippen LogP contribution in [0.3, 0.4) is 0 Å². The van der Waals surface area contributed by atoms with E-state index in [1.165, 1.54) is 0 Å². The first kappa shape index (κ1) is 21.2. The van der Waals surface area contributed by atoms with Crippen molar-refractivity contribution < 1.29 is 9.53 Å². The van der Waals surface area contributed by atoms with E-state index >= 15 is 0 Å². The van der Waals surface area contributed by atoms with Gasteiger partial charge >= 0.3 is 5.97 Å². The third-order valence-corrected chi connectivity index (χ3v) is 5.17. The fourth-order valence-electron chi connectivity index (χ4n) is 3.71. The van der Waals surface area contributed by atoms with Gasteiger partial charge in [-0.15, -0.1) is 10.2 Å². The van der Waals surface area contributed by atoms with Crippen LogP contribution >= 0.6 is 0 Å². The van der Waals surface area contributed by atoms with Crippen LogP contribution in [-0.4, -0.2) is 29.8 Å². The Kier molecular flexibility index (Phi) is 6.56. The molecule has 0 atom stereocenters. The van der Waals surface area contributed by atoms with Gasteiger partial charge in [-0.1, -0.05) is 91.0 Å². The molecule has 160 valence electrons. The summed E-state index contributed by atoms with van der Waals surface area (Å²) in [5.41, 5.74) is 4.68. The standard InChI is InChI=1S/C27H25N3O2/c1-3-32-27(31)24-23(21-15-9-5-10-16-21)25(22-17-11-6-12-18-22)28-29-26(24)30(2)19-20-13-7-4-8-14-20/h4-18H,3,19H2,1-2H3. The molecule has 0 radical (unpaired) electrons. The average molecular weight is 424 g/mol. The van der Waals surface area contributed by atoms with E-state index in [9.17, 15) is 4.79 Å². The Balaban J connectivity index is 1.94. The molecule has 0 spiro atoms. The van der Waals surface area contributed by atoms with Crippen molar-refractivity contribution in [3.63, 3.8) is 0 Å². The second kappa shape index (κ2) is 9.88. The minimum absolute atomic E-state index is 0.276. The number of nitrogens with zero attached hydrogens (tertiary/aromatic N) is 3. The van der Waals surface area contributed by atoms with Crippen molar-refractivity contribution in [2.24, 2.45) is 0 Å². The number of carbonyl (C=O) groups excluding carboxylic acids is 1. The van der Waals surface area contributed by atoms with E-state index in [1.54, 1.807) is 6.92 Å². The number of rotatable bonds is 7. The van der Waals surface area contributed by atoms with E-state index in [0.717, 1.165) is 22.3 Å². The maximum Gasteiger partial charge on any atom is 0.342 e. The average Bonchev–Trinajstić information content (AvgIpc) is 2.85. The number of aromatic nitrogens is 2. The lowest BCUT2D eigenvalue weighted by molar-refractivity contribution is 0.0527. The molecule has 0 saturated carbocycles. The highest BCUT2D eigenvalue weighted by atomic mass is 16.5. The zero-order valence-electron chi connectivity index (χ0n) is 18.2. The van der Waals surface area contributed by atoms with Gasteiger partial charge in [0.05, 0.1) is 6.61 Å². The number of hydrogen-bond donors (Lipinski definition) is 0. The Hall–Kier alpha value is -3.99.